The van der Waals surface area contributed by atoms with Crippen LogP contribution >= 0.6 is 0 Å². The molecular weight excluding hydrogens is 422 g/mol. The highest BCUT2D eigenvalue weighted by Crippen LogP contribution is 2.36. The zero-order valence-electron chi connectivity index (χ0n) is 14.3. The number of alkyl halides is 2. The number of hydrogen-bond donors (Lipinski definition) is 3. The maximum Gasteiger partial charge on any atom is 0.387 e. The van der Waals surface area contributed by atoms with Crippen LogP contribution in [0.4, 0.5) is 20.2 Å². The molecule has 0 aliphatic carbocycles. The minimum atomic E-state index is -4.58. The molecule has 0 bridgehead atoms. The lowest BCUT2D eigenvalue weighted by Crippen LogP contribution is -2.16. The van der Waals surface area contributed by atoms with Crippen LogP contribution in [0.2, 0.25) is 0 Å². The summed E-state index contributed by atoms with van der Waals surface area (Å²) < 4.78 is 60.9. The molecule has 0 aliphatic heterocycles. The van der Waals surface area contributed by atoms with Gasteiger partial charge in [-0.1, -0.05) is 0 Å². The monoisotopic (exact) mass is 434 g/mol. The molecule has 29 heavy (non-hydrogen) atoms. The molecule has 2 aromatic rings. The molecule has 11 nitrogen and oxygen atoms in total. The summed E-state index contributed by atoms with van der Waals surface area (Å²) in [5.41, 5.74) is -2.23. The number of halogens is 2. The fraction of sp³-hybridized carbons (Fsp3) is 0.133. The number of benzene rings is 2. The predicted octanol–water partition coefficient (Wildman–Crippen LogP) is 2.41. The Hall–Kier alpha value is -3.68. The number of nitrogens with zero attached hydrogens (tertiary/aromatic N) is 1. The Morgan fingerprint density at radius 3 is 2.41 bits per heavy atom. The summed E-state index contributed by atoms with van der Waals surface area (Å²) in [5.74, 6) is -3.51. The molecule has 0 aliphatic rings. The van der Waals surface area contributed by atoms with Gasteiger partial charge in [-0.05, 0) is 12.1 Å². The van der Waals surface area contributed by atoms with Crippen LogP contribution in [0, 0.1) is 10.1 Å². The van der Waals surface area contributed by atoms with Crippen molar-refractivity contribution in [1.82, 2.24) is 0 Å². The van der Waals surface area contributed by atoms with Crippen LogP contribution < -0.4 is 14.2 Å². The van der Waals surface area contributed by atoms with Crippen molar-refractivity contribution >= 4 is 27.4 Å². The quantitative estimate of drug-likeness (QED) is 0.418. The molecule has 0 aromatic heterocycles. The number of phenolic OH excluding ortho intramolecular Hbond substituents is 1. The number of phenols is 1. The number of methoxy groups -OCH3 is 1. The second kappa shape index (κ2) is 8.14. The summed E-state index contributed by atoms with van der Waals surface area (Å²) in [6.07, 6.45) is 0. The number of anilines is 1. The Bertz CT molecular complexity index is 1070. The van der Waals surface area contributed by atoms with E-state index in [-0.39, 0.29) is 0 Å². The largest absolute Gasteiger partial charge is 0.502 e. The zero-order valence-corrected chi connectivity index (χ0v) is 15.1. The van der Waals surface area contributed by atoms with Crippen molar-refractivity contribution in [2.75, 3.05) is 11.8 Å². The van der Waals surface area contributed by atoms with Gasteiger partial charge in [0.25, 0.3) is 10.0 Å². The minimum absolute atomic E-state index is 0.398. The Labute approximate surface area is 161 Å². The number of nitro benzene ring substituents is 1. The molecule has 0 radical (unpaired) electrons. The zero-order chi connectivity index (χ0) is 21.9. The van der Waals surface area contributed by atoms with Crippen molar-refractivity contribution in [2.45, 2.75) is 11.5 Å². The maximum atomic E-state index is 12.5. The number of nitrogens with one attached hydrogen (secondary N) is 1. The van der Waals surface area contributed by atoms with Gasteiger partial charge in [0.1, 0.15) is 0 Å². The highest BCUT2D eigenvalue weighted by atomic mass is 32.2. The van der Waals surface area contributed by atoms with Gasteiger partial charge >= 0.3 is 18.3 Å². The number of aromatic carboxylic acids is 1. The van der Waals surface area contributed by atoms with Crippen LogP contribution in [0.5, 0.6) is 17.2 Å². The molecule has 0 atom stereocenters. The number of nitro groups is 1. The van der Waals surface area contributed by atoms with Crippen molar-refractivity contribution in [2.24, 2.45) is 0 Å². The van der Waals surface area contributed by atoms with E-state index < -0.39 is 66.6 Å². The van der Waals surface area contributed by atoms with Crippen molar-refractivity contribution < 1.29 is 46.6 Å². The lowest BCUT2D eigenvalue weighted by Gasteiger charge is -2.15. The smallest absolute Gasteiger partial charge is 0.387 e. The lowest BCUT2D eigenvalue weighted by atomic mass is 10.1. The molecule has 3 N–H and O–H groups in total. The van der Waals surface area contributed by atoms with Gasteiger partial charge < -0.3 is 19.7 Å². The first-order valence-corrected chi connectivity index (χ1v) is 8.85. The number of carboxylic acid groups (broad SMARTS) is 1. The fourth-order valence-electron chi connectivity index (χ4n) is 2.19. The maximum absolute atomic E-state index is 12.5. The number of rotatable bonds is 8. The molecular formula is C15H12F2N2O9S. The first-order valence-electron chi connectivity index (χ1n) is 7.36. The van der Waals surface area contributed by atoms with Crippen molar-refractivity contribution in [3.63, 3.8) is 0 Å². The van der Waals surface area contributed by atoms with E-state index in [1.165, 1.54) is 0 Å². The summed E-state index contributed by atoms with van der Waals surface area (Å²) in [7, 11) is -3.53. The summed E-state index contributed by atoms with van der Waals surface area (Å²) in [5, 5.41) is 29.6. The van der Waals surface area contributed by atoms with E-state index in [1.54, 1.807) is 0 Å². The topological polar surface area (TPSA) is 165 Å². The SMILES string of the molecule is COc1cc(NS(=O)(=O)c2ccc(O)c([N+](=O)[O-])c2)c(C(=O)O)cc1OC(F)F. The van der Waals surface area contributed by atoms with E-state index >= 15 is 0 Å². The molecule has 0 unspecified atom stereocenters. The van der Waals surface area contributed by atoms with Crippen LogP contribution in [-0.4, -0.2) is 43.2 Å². The highest BCUT2D eigenvalue weighted by Gasteiger charge is 2.25. The fourth-order valence-corrected chi connectivity index (χ4v) is 3.28. The average Bonchev–Trinajstić information content (AvgIpc) is 2.61. The normalized spacial score (nSPS) is 11.2. The van der Waals surface area contributed by atoms with E-state index in [2.05, 4.69) is 4.74 Å². The van der Waals surface area contributed by atoms with E-state index in [9.17, 15) is 42.3 Å². The van der Waals surface area contributed by atoms with Crippen LogP contribution in [0.1, 0.15) is 10.4 Å². The average molecular weight is 434 g/mol. The molecule has 0 spiro atoms. The third kappa shape index (κ3) is 4.78. The van der Waals surface area contributed by atoms with Crippen molar-refractivity contribution in [3.8, 4) is 17.2 Å². The van der Waals surface area contributed by atoms with Gasteiger partial charge in [-0.15, -0.1) is 0 Å². The van der Waals surface area contributed by atoms with Gasteiger partial charge in [-0.2, -0.15) is 8.78 Å². The number of carboxylic acids is 1. The van der Waals surface area contributed by atoms with Gasteiger partial charge in [-0.25, -0.2) is 13.2 Å². The third-order valence-corrected chi connectivity index (χ3v) is 4.81. The first-order chi connectivity index (χ1) is 13.5. The molecule has 0 saturated heterocycles. The molecule has 2 aromatic carbocycles. The number of ether oxygens (including phenoxy) is 2. The minimum Gasteiger partial charge on any atom is -0.502 e. The molecule has 0 heterocycles. The molecule has 156 valence electrons. The molecule has 14 heteroatoms. The number of hydrogen-bond acceptors (Lipinski definition) is 8. The van der Waals surface area contributed by atoms with Crippen LogP contribution in [-0.2, 0) is 10.0 Å². The number of carbonyl (C=O) groups is 1. The molecule has 0 amide bonds. The Kier molecular flexibility index (Phi) is 6.06. The number of aromatic hydroxyl groups is 1. The Balaban J connectivity index is 2.56. The summed E-state index contributed by atoms with van der Waals surface area (Å²) in [6, 6.07) is 3.60. The molecule has 0 saturated carbocycles. The standard InChI is InChI=1S/C15H12F2N2O9S/c1-27-12-6-9(8(14(21)22)5-13(12)28-15(16)17)18-29(25,26)7-2-3-11(20)10(4-7)19(23)24/h2-6,15,18,20H,1H3,(H,21,22). The second-order valence-electron chi connectivity index (χ2n) is 5.25. The van der Waals surface area contributed by atoms with Gasteiger partial charge in [-0.3, -0.25) is 14.8 Å². The van der Waals surface area contributed by atoms with Gasteiger partial charge in [0.05, 0.1) is 28.2 Å². The lowest BCUT2D eigenvalue weighted by molar-refractivity contribution is -0.386. The molecule has 2 rings (SSSR count). The van der Waals surface area contributed by atoms with Gasteiger partial charge in [0.15, 0.2) is 17.2 Å². The third-order valence-electron chi connectivity index (χ3n) is 3.45. The summed E-state index contributed by atoms with van der Waals surface area (Å²) in [6.45, 7) is -3.30. The number of sulfonamides is 1. The van der Waals surface area contributed by atoms with E-state index in [0.29, 0.717) is 12.1 Å². The van der Waals surface area contributed by atoms with E-state index in [4.69, 9.17) is 4.74 Å². The van der Waals surface area contributed by atoms with Gasteiger partial charge in [0.2, 0.25) is 0 Å². The summed E-state index contributed by atoms with van der Waals surface area (Å²) >= 11 is 0. The van der Waals surface area contributed by atoms with Crippen LogP contribution in [0.15, 0.2) is 35.2 Å². The Morgan fingerprint density at radius 1 is 1.24 bits per heavy atom. The van der Waals surface area contributed by atoms with Crippen LogP contribution in [0.3, 0.4) is 0 Å². The predicted molar refractivity (Wildman–Crippen MR) is 92.2 cm³/mol. The first kappa shape index (κ1) is 21.6. The Morgan fingerprint density at radius 2 is 1.90 bits per heavy atom. The van der Waals surface area contributed by atoms with Crippen LogP contribution in [0.25, 0.3) is 0 Å². The van der Waals surface area contributed by atoms with E-state index in [1.807, 2.05) is 4.72 Å². The highest BCUT2D eigenvalue weighted by molar-refractivity contribution is 7.92. The second-order valence-corrected chi connectivity index (χ2v) is 6.93. The molecule has 0 fully saturated rings. The summed E-state index contributed by atoms with van der Waals surface area (Å²) in [4.78, 5) is 20.6. The van der Waals surface area contributed by atoms with E-state index in [0.717, 1.165) is 25.3 Å². The van der Waals surface area contributed by atoms with Gasteiger partial charge in [0, 0.05) is 18.2 Å². The van der Waals surface area contributed by atoms with Crippen molar-refractivity contribution in [3.05, 3.63) is 46.0 Å². The van der Waals surface area contributed by atoms with Crippen molar-refractivity contribution in [1.29, 1.82) is 0 Å².